The highest BCUT2D eigenvalue weighted by molar-refractivity contribution is 5.94. The number of hydrogen-bond donors (Lipinski definition) is 2. The number of nitrogens with two attached hydrogens (primary N) is 1. The van der Waals surface area contributed by atoms with E-state index in [1.807, 2.05) is 63.2 Å². The number of fused-ring (bicyclic) bond motifs is 1. The van der Waals surface area contributed by atoms with Crippen LogP contribution in [0.2, 0.25) is 0 Å². The predicted molar refractivity (Wildman–Crippen MR) is 143 cm³/mol. The number of hydrogen-bond acceptors (Lipinski definition) is 4. The molecule has 0 fully saturated rings. The van der Waals surface area contributed by atoms with Crippen LogP contribution in [0.25, 0.3) is 22.3 Å². The molecule has 6 heteroatoms. The topological polar surface area (TPSA) is 68.8 Å². The molecule has 0 saturated carbocycles. The van der Waals surface area contributed by atoms with Gasteiger partial charge >= 0.3 is 0 Å². The average molecular weight is 468 g/mol. The first-order valence-corrected chi connectivity index (χ1v) is 11.8. The molecule has 0 spiro atoms. The minimum absolute atomic E-state index is 0.244. The first-order valence-electron chi connectivity index (χ1n) is 11.8. The third-order valence-corrected chi connectivity index (χ3v) is 5.62. The zero-order chi connectivity index (χ0) is 24.9. The first-order chi connectivity index (χ1) is 17.0. The summed E-state index contributed by atoms with van der Waals surface area (Å²) in [6.45, 7) is 8.42. The van der Waals surface area contributed by atoms with E-state index in [1.54, 1.807) is 12.4 Å². The molecule has 0 bridgehead atoms. The summed E-state index contributed by atoms with van der Waals surface area (Å²) in [5, 5.41) is 4.31. The minimum atomic E-state index is -0.244. The van der Waals surface area contributed by atoms with E-state index < -0.39 is 0 Å². The minimum Gasteiger partial charge on any atom is -0.399 e. The van der Waals surface area contributed by atoms with Crippen LogP contribution in [-0.4, -0.2) is 14.5 Å². The highest BCUT2D eigenvalue weighted by Crippen LogP contribution is 2.33. The van der Waals surface area contributed by atoms with Crippen LogP contribution in [0.1, 0.15) is 30.5 Å². The second kappa shape index (κ2) is 10.4. The highest BCUT2D eigenvalue weighted by atomic mass is 19.1. The van der Waals surface area contributed by atoms with Crippen molar-refractivity contribution in [2.45, 2.75) is 34.2 Å². The van der Waals surface area contributed by atoms with Gasteiger partial charge in [-0.1, -0.05) is 44.2 Å². The molecule has 2 heterocycles. The Kier molecular flexibility index (Phi) is 7.11. The third kappa shape index (κ3) is 5.32. The molecule has 35 heavy (non-hydrogen) atoms. The van der Waals surface area contributed by atoms with Gasteiger partial charge in [-0.05, 0) is 78.6 Å². The average Bonchev–Trinajstić information content (AvgIpc) is 3.19. The quantitative estimate of drug-likeness (QED) is 0.267. The van der Waals surface area contributed by atoms with Gasteiger partial charge in [-0.15, -0.1) is 0 Å². The van der Waals surface area contributed by atoms with Gasteiger partial charge in [0.1, 0.15) is 23.6 Å². The summed E-state index contributed by atoms with van der Waals surface area (Å²) in [7, 11) is 0. The number of nitrogens with zero attached hydrogens (tertiary/aromatic N) is 3. The maximum atomic E-state index is 14.1. The van der Waals surface area contributed by atoms with E-state index in [2.05, 4.69) is 45.0 Å². The lowest BCUT2D eigenvalue weighted by Crippen LogP contribution is -2.04. The van der Waals surface area contributed by atoms with Gasteiger partial charge in [0.2, 0.25) is 0 Å². The van der Waals surface area contributed by atoms with Crippen LogP contribution in [-0.2, 0) is 6.54 Å². The van der Waals surface area contributed by atoms with E-state index in [1.165, 1.54) is 6.07 Å². The molecule has 0 amide bonds. The SMILES string of the molecule is CC.Cc1cc(F)cc(Cn2c(-c3ccc(N)cc3)cc3c(Nc4cccc(C)c4)ncnc32)c1. The molecule has 0 unspecified atom stereocenters. The molecule has 3 N–H and O–H groups in total. The fourth-order valence-corrected chi connectivity index (χ4v) is 4.16. The number of anilines is 3. The van der Waals surface area contributed by atoms with Crippen molar-refractivity contribution in [3.8, 4) is 11.3 Å². The van der Waals surface area contributed by atoms with Crippen molar-refractivity contribution in [2.75, 3.05) is 11.1 Å². The van der Waals surface area contributed by atoms with Crippen molar-refractivity contribution >= 4 is 28.2 Å². The molecule has 5 nitrogen and oxygen atoms in total. The highest BCUT2D eigenvalue weighted by Gasteiger charge is 2.16. The van der Waals surface area contributed by atoms with Crippen molar-refractivity contribution in [1.82, 2.24) is 14.5 Å². The second-order valence-electron chi connectivity index (χ2n) is 8.33. The lowest BCUT2D eigenvalue weighted by atomic mass is 10.1. The Hall–Kier alpha value is -4.19. The predicted octanol–water partition coefficient (Wildman–Crippen LogP) is 7.25. The smallest absolute Gasteiger partial charge is 0.146 e. The fraction of sp³-hybridized carbons (Fsp3) is 0.172. The van der Waals surface area contributed by atoms with Crippen LogP contribution < -0.4 is 11.1 Å². The molecule has 0 aliphatic heterocycles. The number of halogens is 1. The monoisotopic (exact) mass is 467 g/mol. The molecule has 5 rings (SSSR count). The van der Waals surface area contributed by atoms with Crippen LogP contribution in [0.3, 0.4) is 0 Å². The van der Waals surface area contributed by atoms with Gasteiger partial charge < -0.3 is 15.6 Å². The Morgan fingerprint density at radius 2 is 1.66 bits per heavy atom. The summed E-state index contributed by atoms with van der Waals surface area (Å²) in [6.07, 6.45) is 1.56. The summed E-state index contributed by atoms with van der Waals surface area (Å²) in [4.78, 5) is 9.11. The standard InChI is InChI=1S/C27H24FN5.C2H6/c1-17-4-3-5-23(12-17)32-26-24-14-25(20-6-8-22(29)9-7-20)33(27(24)31-16-30-26)15-19-10-18(2)11-21(28)13-19;1-2/h3-14,16H,15,29H2,1-2H3,(H,30,31,32);1-2H3. The molecular formula is C29H30FN5. The molecule has 0 radical (unpaired) electrons. The molecule has 0 aliphatic rings. The van der Waals surface area contributed by atoms with Crippen molar-refractivity contribution < 1.29 is 4.39 Å². The van der Waals surface area contributed by atoms with Gasteiger partial charge in [-0.25, -0.2) is 14.4 Å². The Morgan fingerprint density at radius 1 is 0.886 bits per heavy atom. The van der Waals surface area contributed by atoms with Crippen LogP contribution in [0.5, 0.6) is 0 Å². The van der Waals surface area contributed by atoms with E-state index in [0.717, 1.165) is 50.5 Å². The van der Waals surface area contributed by atoms with Crippen molar-refractivity contribution in [3.05, 3.63) is 102 Å². The number of aromatic nitrogens is 3. The molecule has 0 aliphatic carbocycles. The fourth-order valence-electron chi connectivity index (χ4n) is 4.16. The van der Waals surface area contributed by atoms with E-state index in [9.17, 15) is 4.39 Å². The first kappa shape index (κ1) is 24.0. The zero-order valence-electron chi connectivity index (χ0n) is 20.5. The van der Waals surface area contributed by atoms with Crippen molar-refractivity contribution in [1.29, 1.82) is 0 Å². The van der Waals surface area contributed by atoms with Crippen LogP contribution in [0.15, 0.2) is 79.1 Å². The van der Waals surface area contributed by atoms with E-state index >= 15 is 0 Å². The van der Waals surface area contributed by atoms with E-state index in [-0.39, 0.29) is 5.82 Å². The number of aryl methyl sites for hydroxylation is 2. The summed E-state index contributed by atoms with van der Waals surface area (Å²) in [6, 6.07) is 23.0. The Bertz CT molecular complexity index is 1430. The Labute approximate surface area is 205 Å². The number of benzene rings is 3. The summed E-state index contributed by atoms with van der Waals surface area (Å²) < 4.78 is 16.2. The number of nitrogens with one attached hydrogen (secondary N) is 1. The van der Waals surface area contributed by atoms with E-state index in [0.29, 0.717) is 12.2 Å². The largest absolute Gasteiger partial charge is 0.399 e. The van der Waals surface area contributed by atoms with Crippen LogP contribution >= 0.6 is 0 Å². The molecular weight excluding hydrogens is 437 g/mol. The van der Waals surface area contributed by atoms with Gasteiger partial charge in [-0.3, -0.25) is 0 Å². The van der Waals surface area contributed by atoms with Gasteiger partial charge in [0.05, 0.1) is 11.1 Å². The molecule has 3 aromatic carbocycles. The molecule has 178 valence electrons. The second-order valence-corrected chi connectivity index (χ2v) is 8.33. The maximum absolute atomic E-state index is 14.1. The van der Waals surface area contributed by atoms with Crippen LogP contribution in [0, 0.1) is 19.7 Å². The molecule has 5 aromatic rings. The summed E-state index contributed by atoms with van der Waals surface area (Å²) >= 11 is 0. The Morgan fingerprint density at radius 3 is 2.37 bits per heavy atom. The normalized spacial score (nSPS) is 10.7. The van der Waals surface area contributed by atoms with Crippen LogP contribution in [0.4, 0.5) is 21.6 Å². The van der Waals surface area contributed by atoms with Crippen molar-refractivity contribution in [3.63, 3.8) is 0 Å². The number of nitrogen functional groups attached to an aromatic ring is 1. The van der Waals surface area contributed by atoms with Gasteiger partial charge in [0, 0.05) is 17.9 Å². The van der Waals surface area contributed by atoms with Crippen molar-refractivity contribution in [2.24, 2.45) is 0 Å². The lowest BCUT2D eigenvalue weighted by Gasteiger charge is -2.12. The zero-order valence-corrected chi connectivity index (χ0v) is 20.5. The molecule has 0 atom stereocenters. The third-order valence-electron chi connectivity index (χ3n) is 5.62. The van der Waals surface area contributed by atoms with E-state index in [4.69, 9.17) is 5.73 Å². The van der Waals surface area contributed by atoms with Gasteiger partial charge in [0.25, 0.3) is 0 Å². The Balaban J connectivity index is 0.00000141. The lowest BCUT2D eigenvalue weighted by molar-refractivity contribution is 0.622. The maximum Gasteiger partial charge on any atom is 0.146 e. The summed E-state index contributed by atoms with van der Waals surface area (Å²) in [5.74, 6) is 0.475. The van der Waals surface area contributed by atoms with Gasteiger partial charge in [0.15, 0.2) is 0 Å². The molecule has 0 saturated heterocycles. The molecule has 2 aromatic heterocycles. The summed E-state index contributed by atoms with van der Waals surface area (Å²) in [5.41, 5.74) is 13.2. The van der Waals surface area contributed by atoms with Gasteiger partial charge in [-0.2, -0.15) is 0 Å². The number of rotatable bonds is 5.